The molecule has 1 rings (SSSR count). The number of hydrogen-bond donors (Lipinski definition) is 3. The summed E-state index contributed by atoms with van der Waals surface area (Å²) < 4.78 is 0. The number of aryl methyl sites for hydroxylation is 1. The monoisotopic (exact) mass is 314 g/mol. The van der Waals surface area contributed by atoms with Gasteiger partial charge in [0.1, 0.15) is 0 Å². The normalized spacial score (nSPS) is 11.8. The van der Waals surface area contributed by atoms with E-state index in [9.17, 15) is 9.90 Å². The Morgan fingerprint density at radius 2 is 1.90 bits per heavy atom. The van der Waals surface area contributed by atoms with Crippen LogP contribution in [0.1, 0.15) is 38.7 Å². The fourth-order valence-electron chi connectivity index (χ4n) is 2.32. The minimum Gasteiger partial charge on any atom is -0.399 e. The molecule has 0 fully saturated rings. The van der Waals surface area contributed by atoms with Crippen molar-refractivity contribution in [2.75, 3.05) is 12.3 Å². The zero-order valence-electron chi connectivity index (χ0n) is 12.8. The molecule has 0 aromatic heterocycles. The van der Waals surface area contributed by atoms with Gasteiger partial charge < -0.3 is 16.2 Å². The van der Waals surface area contributed by atoms with Gasteiger partial charge in [-0.05, 0) is 24.0 Å². The molecule has 0 spiro atoms. The maximum atomic E-state index is 11.8. The second-order valence-corrected chi connectivity index (χ2v) is 5.15. The summed E-state index contributed by atoms with van der Waals surface area (Å²) in [5, 5.41) is 12.7. The number of amides is 1. The minimum absolute atomic E-state index is 0. The van der Waals surface area contributed by atoms with Gasteiger partial charge >= 0.3 is 0 Å². The molecule has 0 heterocycles. The molecule has 0 aliphatic heterocycles. The molecule has 5 heteroatoms. The third-order valence-corrected chi connectivity index (χ3v) is 3.78. The average molecular weight is 315 g/mol. The predicted molar refractivity (Wildman–Crippen MR) is 89.5 cm³/mol. The number of hydrogen-bond acceptors (Lipinski definition) is 3. The summed E-state index contributed by atoms with van der Waals surface area (Å²) in [5.41, 5.74) is 7.54. The van der Waals surface area contributed by atoms with Crippen molar-refractivity contribution < 1.29 is 9.90 Å². The van der Waals surface area contributed by atoms with E-state index in [1.807, 2.05) is 24.3 Å². The van der Waals surface area contributed by atoms with Crippen LogP contribution in [0.5, 0.6) is 0 Å². The van der Waals surface area contributed by atoms with Gasteiger partial charge in [-0.1, -0.05) is 44.9 Å². The number of aliphatic hydroxyl groups is 1. The molecule has 0 aliphatic rings. The van der Waals surface area contributed by atoms with Crippen LogP contribution in [0.3, 0.4) is 0 Å². The maximum absolute atomic E-state index is 11.8. The molecule has 0 saturated heterocycles. The van der Waals surface area contributed by atoms with Crippen LogP contribution < -0.4 is 11.1 Å². The summed E-state index contributed by atoms with van der Waals surface area (Å²) >= 11 is 0. The third kappa shape index (κ3) is 6.82. The SMILES string of the molecule is CCC(CC)C(O)CNC(=O)CCc1ccccc1N.Cl. The molecule has 4 N–H and O–H groups in total. The molecular formula is C16H27ClN2O2. The largest absolute Gasteiger partial charge is 0.399 e. The lowest BCUT2D eigenvalue weighted by Crippen LogP contribution is -2.36. The minimum atomic E-state index is -0.462. The van der Waals surface area contributed by atoms with Crippen molar-refractivity contribution in [2.24, 2.45) is 5.92 Å². The van der Waals surface area contributed by atoms with Crippen molar-refractivity contribution in [1.29, 1.82) is 0 Å². The van der Waals surface area contributed by atoms with E-state index in [2.05, 4.69) is 19.2 Å². The van der Waals surface area contributed by atoms with E-state index >= 15 is 0 Å². The standard InChI is InChI=1S/C16H26N2O2.ClH/c1-3-12(4-2)15(19)11-18-16(20)10-9-13-7-5-6-8-14(13)17;/h5-8,12,15,19H,3-4,9-11,17H2,1-2H3,(H,18,20);1H. The Morgan fingerprint density at radius 3 is 2.48 bits per heavy atom. The zero-order valence-corrected chi connectivity index (χ0v) is 13.7. The Labute approximate surface area is 133 Å². The van der Waals surface area contributed by atoms with Crippen LogP contribution in [-0.2, 0) is 11.2 Å². The highest BCUT2D eigenvalue weighted by Crippen LogP contribution is 2.13. The van der Waals surface area contributed by atoms with Crippen molar-refractivity contribution in [2.45, 2.75) is 45.6 Å². The summed E-state index contributed by atoms with van der Waals surface area (Å²) in [6.45, 7) is 4.43. The molecule has 1 aromatic carbocycles. The molecule has 0 bridgehead atoms. The highest BCUT2D eigenvalue weighted by atomic mass is 35.5. The van der Waals surface area contributed by atoms with E-state index in [1.54, 1.807) is 0 Å². The molecule has 0 aliphatic carbocycles. The Morgan fingerprint density at radius 1 is 1.29 bits per heavy atom. The quantitative estimate of drug-likeness (QED) is 0.645. The maximum Gasteiger partial charge on any atom is 0.220 e. The number of nitrogen functional groups attached to an aromatic ring is 1. The summed E-state index contributed by atoms with van der Waals surface area (Å²) in [6, 6.07) is 7.57. The molecule has 120 valence electrons. The smallest absolute Gasteiger partial charge is 0.220 e. The first-order chi connectivity index (χ1) is 9.58. The van der Waals surface area contributed by atoms with E-state index < -0.39 is 6.10 Å². The van der Waals surface area contributed by atoms with E-state index in [0.717, 1.165) is 24.1 Å². The van der Waals surface area contributed by atoms with Gasteiger partial charge in [-0.3, -0.25) is 4.79 Å². The van der Waals surface area contributed by atoms with Gasteiger partial charge in [0.15, 0.2) is 0 Å². The Balaban J connectivity index is 0.00000400. The molecule has 0 saturated carbocycles. The van der Waals surface area contributed by atoms with Gasteiger partial charge in [-0.25, -0.2) is 0 Å². The van der Waals surface area contributed by atoms with Gasteiger partial charge in [-0.2, -0.15) is 0 Å². The van der Waals surface area contributed by atoms with Crippen molar-refractivity contribution in [3.05, 3.63) is 29.8 Å². The lowest BCUT2D eigenvalue weighted by molar-refractivity contribution is -0.121. The molecule has 0 radical (unpaired) electrons. The Bertz CT molecular complexity index is 422. The van der Waals surface area contributed by atoms with Crippen molar-refractivity contribution in [3.8, 4) is 0 Å². The first kappa shape index (κ1) is 19.7. The van der Waals surface area contributed by atoms with Crippen LogP contribution in [0.4, 0.5) is 5.69 Å². The Hall–Kier alpha value is -1.26. The highest BCUT2D eigenvalue weighted by molar-refractivity contribution is 5.85. The second kappa shape index (κ2) is 10.5. The number of carbonyl (C=O) groups is 1. The fraction of sp³-hybridized carbons (Fsp3) is 0.562. The fourth-order valence-corrected chi connectivity index (χ4v) is 2.32. The summed E-state index contributed by atoms with van der Waals surface area (Å²) in [7, 11) is 0. The van der Waals surface area contributed by atoms with Crippen molar-refractivity contribution in [1.82, 2.24) is 5.32 Å². The van der Waals surface area contributed by atoms with E-state index in [-0.39, 0.29) is 24.2 Å². The van der Waals surface area contributed by atoms with Gasteiger partial charge in [-0.15, -0.1) is 12.4 Å². The number of para-hydroxylation sites is 1. The summed E-state index contributed by atoms with van der Waals surface area (Å²) in [4.78, 5) is 11.8. The molecule has 1 aromatic rings. The summed E-state index contributed by atoms with van der Waals surface area (Å²) in [6.07, 6.45) is 2.40. The zero-order chi connectivity index (χ0) is 15.0. The van der Waals surface area contributed by atoms with Gasteiger partial charge in [0.25, 0.3) is 0 Å². The van der Waals surface area contributed by atoms with Crippen LogP contribution in [0, 0.1) is 5.92 Å². The number of nitrogens with two attached hydrogens (primary N) is 1. The van der Waals surface area contributed by atoms with Crippen LogP contribution in [0.2, 0.25) is 0 Å². The molecule has 1 atom stereocenters. The van der Waals surface area contributed by atoms with Crippen LogP contribution >= 0.6 is 12.4 Å². The number of benzene rings is 1. The number of aliphatic hydroxyl groups excluding tert-OH is 1. The molecule has 1 unspecified atom stereocenters. The van der Waals surface area contributed by atoms with Crippen LogP contribution in [-0.4, -0.2) is 23.7 Å². The molecule has 21 heavy (non-hydrogen) atoms. The number of anilines is 1. The van der Waals surface area contributed by atoms with Gasteiger partial charge in [0, 0.05) is 18.7 Å². The lowest BCUT2D eigenvalue weighted by atomic mass is 9.96. The third-order valence-electron chi connectivity index (χ3n) is 3.78. The van der Waals surface area contributed by atoms with E-state index in [4.69, 9.17) is 5.73 Å². The predicted octanol–water partition coefficient (Wildman–Crippen LogP) is 2.54. The molecular weight excluding hydrogens is 288 g/mol. The number of halogens is 1. The molecule has 1 amide bonds. The second-order valence-electron chi connectivity index (χ2n) is 5.15. The van der Waals surface area contributed by atoms with E-state index in [0.29, 0.717) is 19.4 Å². The van der Waals surface area contributed by atoms with Crippen molar-refractivity contribution in [3.63, 3.8) is 0 Å². The van der Waals surface area contributed by atoms with Crippen molar-refractivity contribution >= 4 is 24.0 Å². The number of nitrogens with one attached hydrogen (secondary N) is 1. The van der Waals surface area contributed by atoms with Crippen LogP contribution in [0.15, 0.2) is 24.3 Å². The lowest BCUT2D eigenvalue weighted by Gasteiger charge is -2.20. The first-order valence-electron chi connectivity index (χ1n) is 7.36. The first-order valence-corrected chi connectivity index (χ1v) is 7.36. The number of rotatable bonds is 8. The average Bonchev–Trinajstić information content (AvgIpc) is 2.45. The Kier molecular flexibility index (Phi) is 9.84. The molecule has 4 nitrogen and oxygen atoms in total. The van der Waals surface area contributed by atoms with Gasteiger partial charge in [0.05, 0.1) is 6.10 Å². The van der Waals surface area contributed by atoms with Gasteiger partial charge in [0.2, 0.25) is 5.91 Å². The van der Waals surface area contributed by atoms with E-state index in [1.165, 1.54) is 0 Å². The topological polar surface area (TPSA) is 75.3 Å². The van der Waals surface area contributed by atoms with Crippen LogP contribution in [0.25, 0.3) is 0 Å². The number of carbonyl (C=O) groups excluding carboxylic acids is 1. The summed E-state index contributed by atoms with van der Waals surface area (Å²) in [5.74, 6) is 0.207. The highest BCUT2D eigenvalue weighted by Gasteiger charge is 2.16.